The minimum atomic E-state index is -0.132. The highest BCUT2D eigenvalue weighted by Gasteiger charge is 2.23. The number of piperidine rings is 1. The van der Waals surface area contributed by atoms with Crippen molar-refractivity contribution in [1.82, 2.24) is 25.1 Å². The third-order valence-corrected chi connectivity index (χ3v) is 6.10. The zero-order valence-corrected chi connectivity index (χ0v) is 18.2. The molecule has 1 fully saturated rings. The van der Waals surface area contributed by atoms with Gasteiger partial charge in [-0.1, -0.05) is 24.3 Å². The van der Waals surface area contributed by atoms with Gasteiger partial charge in [0, 0.05) is 36.0 Å². The van der Waals surface area contributed by atoms with Crippen LogP contribution in [0.25, 0.3) is 11.0 Å². The van der Waals surface area contributed by atoms with E-state index in [1.165, 1.54) is 6.07 Å². The van der Waals surface area contributed by atoms with Crippen LogP contribution < -0.4 is 5.32 Å². The molecule has 0 aliphatic carbocycles. The van der Waals surface area contributed by atoms with E-state index in [1.54, 1.807) is 6.07 Å². The van der Waals surface area contributed by atoms with E-state index in [9.17, 15) is 4.39 Å². The Balaban J connectivity index is 1.28. The average Bonchev–Trinajstić information content (AvgIpc) is 3.22. The van der Waals surface area contributed by atoms with Gasteiger partial charge in [0.05, 0.1) is 17.6 Å². The lowest BCUT2D eigenvalue weighted by molar-refractivity contribution is 0.196. The fraction of sp³-hybridized carbons (Fsp3) is 0.320. The Kier molecular flexibility index (Phi) is 5.81. The standard InChI is InChI=1S/C25H27FN6/c1-17-6-4-9-20(28-17)14-27-24-21-11-12-23(29-25(21)31-30-24)19-8-5-13-32(16-19)15-18-7-2-3-10-22(18)26/h2-4,6-7,9-12,19H,5,8,13-16H2,1H3,(H2,27,29,30,31)/t19-/m1/s1. The van der Waals surface area contributed by atoms with Crippen LogP contribution in [0.15, 0.2) is 54.6 Å². The van der Waals surface area contributed by atoms with Gasteiger partial charge in [-0.05, 0) is 56.6 Å². The molecule has 1 aliphatic rings. The molecule has 0 amide bonds. The number of pyridine rings is 2. The number of hydrogen-bond acceptors (Lipinski definition) is 5. The molecule has 6 nitrogen and oxygen atoms in total. The highest BCUT2D eigenvalue weighted by Crippen LogP contribution is 2.29. The first-order valence-electron chi connectivity index (χ1n) is 11.1. The van der Waals surface area contributed by atoms with Gasteiger partial charge in [0.2, 0.25) is 0 Å². The van der Waals surface area contributed by atoms with Crippen molar-refractivity contribution in [2.75, 3.05) is 18.4 Å². The number of benzene rings is 1. The normalized spacial score (nSPS) is 17.0. The van der Waals surface area contributed by atoms with Gasteiger partial charge >= 0.3 is 0 Å². The Bertz CT molecular complexity index is 1220. The summed E-state index contributed by atoms with van der Waals surface area (Å²) < 4.78 is 14.1. The molecule has 32 heavy (non-hydrogen) atoms. The number of rotatable bonds is 6. The van der Waals surface area contributed by atoms with E-state index in [0.717, 1.165) is 65.4 Å². The monoisotopic (exact) mass is 430 g/mol. The van der Waals surface area contributed by atoms with Crippen molar-refractivity contribution in [2.24, 2.45) is 0 Å². The first kappa shape index (κ1) is 20.6. The van der Waals surface area contributed by atoms with Crippen LogP contribution in [0.3, 0.4) is 0 Å². The number of hydrogen-bond donors (Lipinski definition) is 2. The zero-order valence-electron chi connectivity index (χ0n) is 18.2. The number of aryl methyl sites for hydroxylation is 1. The van der Waals surface area contributed by atoms with Gasteiger partial charge in [-0.25, -0.2) is 9.37 Å². The number of nitrogens with one attached hydrogen (secondary N) is 2. The van der Waals surface area contributed by atoms with Gasteiger partial charge in [-0.2, -0.15) is 5.10 Å². The molecule has 0 unspecified atom stereocenters. The van der Waals surface area contributed by atoms with E-state index in [2.05, 4.69) is 37.5 Å². The lowest BCUT2D eigenvalue weighted by Crippen LogP contribution is -2.34. The van der Waals surface area contributed by atoms with Gasteiger partial charge in [-0.15, -0.1) is 0 Å². The summed E-state index contributed by atoms with van der Waals surface area (Å²) in [5.41, 5.74) is 4.57. The van der Waals surface area contributed by atoms with Crippen LogP contribution >= 0.6 is 0 Å². The highest BCUT2D eigenvalue weighted by molar-refractivity contribution is 5.87. The van der Waals surface area contributed by atoms with Crippen molar-refractivity contribution < 1.29 is 4.39 Å². The summed E-state index contributed by atoms with van der Waals surface area (Å²) in [6.07, 6.45) is 2.17. The number of halogens is 1. The molecule has 1 aromatic carbocycles. The summed E-state index contributed by atoms with van der Waals surface area (Å²) in [7, 11) is 0. The number of aromatic nitrogens is 4. The number of fused-ring (bicyclic) bond motifs is 1. The number of nitrogens with zero attached hydrogens (tertiary/aromatic N) is 4. The van der Waals surface area contributed by atoms with Crippen LogP contribution in [-0.2, 0) is 13.1 Å². The Labute approximate surface area is 186 Å². The van der Waals surface area contributed by atoms with E-state index in [0.29, 0.717) is 19.0 Å². The van der Waals surface area contributed by atoms with Crippen molar-refractivity contribution in [3.8, 4) is 0 Å². The molecule has 1 aliphatic heterocycles. The summed E-state index contributed by atoms with van der Waals surface area (Å²) in [4.78, 5) is 11.7. The Morgan fingerprint density at radius 2 is 2.00 bits per heavy atom. The molecule has 3 aromatic heterocycles. The van der Waals surface area contributed by atoms with Crippen LogP contribution in [0, 0.1) is 12.7 Å². The van der Waals surface area contributed by atoms with Gasteiger partial charge in [0.25, 0.3) is 0 Å². The maximum Gasteiger partial charge on any atom is 0.157 e. The van der Waals surface area contributed by atoms with Crippen molar-refractivity contribution in [3.05, 3.63) is 83.1 Å². The molecule has 1 saturated heterocycles. The quantitative estimate of drug-likeness (QED) is 0.460. The van der Waals surface area contributed by atoms with Crippen LogP contribution in [0.5, 0.6) is 0 Å². The minimum Gasteiger partial charge on any atom is -0.362 e. The average molecular weight is 431 g/mol. The molecule has 7 heteroatoms. The molecular weight excluding hydrogens is 403 g/mol. The van der Waals surface area contributed by atoms with E-state index < -0.39 is 0 Å². The Hall–Kier alpha value is -3.32. The third kappa shape index (κ3) is 4.48. The molecule has 0 spiro atoms. The third-order valence-electron chi connectivity index (χ3n) is 6.10. The second kappa shape index (κ2) is 9.04. The van der Waals surface area contributed by atoms with Crippen molar-refractivity contribution in [1.29, 1.82) is 0 Å². The maximum atomic E-state index is 14.1. The molecular formula is C25H27FN6. The molecule has 1 atom stereocenters. The van der Waals surface area contributed by atoms with Crippen LogP contribution in [-0.4, -0.2) is 38.2 Å². The van der Waals surface area contributed by atoms with Crippen LogP contribution in [0.2, 0.25) is 0 Å². The van der Waals surface area contributed by atoms with E-state index in [4.69, 9.17) is 4.98 Å². The zero-order chi connectivity index (χ0) is 21.9. The fourth-order valence-corrected chi connectivity index (χ4v) is 4.46. The first-order valence-corrected chi connectivity index (χ1v) is 11.1. The molecule has 4 heterocycles. The molecule has 0 saturated carbocycles. The molecule has 0 bridgehead atoms. The lowest BCUT2D eigenvalue weighted by atomic mass is 9.93. The number of anilines is 1. The number of H-pyrrole nitrogens is 1. The van der Waals surface area contributed by atoms with Crippen molar-refractivity contribution >= 4 is 16.9 Å². The Morgan fingerprint density at radius 3 is 2.88 bits per heavy atom. The molecule has 4 aromatic rings. The highest BCUT2D eigenvalue weighted by atomic mass is 19.1. The topological polar surface area (TPSA) is 69.7 Å². The molecule has 164 valence electrons. The lowest BCUT2D eigenvalue weighted by Gasteiger charge is -2.32. The number of likely N-dealkylation sites (tertiary alicyclic amines) is 1. The van der Waals surface area contributed by atoms with Gasteiger partial charge in [0.1, 0.15) is 5.82 Å². The van der Waals surface area contributed by atoms with Crippen LogP contribution in [0.1, 0.15) is 41.4 Å². The number of aromatic amines is 1. The van der Waals surface area contributed by atoms with Crippen molar-refractivity contribution in [3.63, 3.8) is 0 Å². The maximum absolute atomic E-state index is 14.1. The fourth-order valence-electron chi connectivity index (χ4n) is 4.46. The Morgan fingerprint density at radius 1 is 1.09 bits per heavy atom. The minimum absolute atomic E-state index is 0.132. The van der Waals surface area contributed by atoms with Gasteiger partial charge in [-0.3, -0.25) is 15.0 Å². The summed E-state index contributed by atoms with van der Waals surface area (Å²) in [5, 5.41) is 11.8. The second-order valence-corrected chi connectivity index (χ2v) is 8.49. The molecule has 5 rings (SSSR count). The smallest absolute Gasteiger partial charge is 0.157 e. The summed E-state index contributed by atoms with van der Waals surface area (Å²) in [6, 6.07) is 17.2. The van der Waals surface area contributed by atoms with Crippen LogP contribution in [0.4, 0.5) is 10.2 Å². The van der Waals surface area contributed by atoms with E-state index in [1.807, 2.05) is 37.3 Å². The predicted molar refractivity (Wildman–Crippen MR) is 124 cm³/mol. The van der Waals surface area contributed by atoms with Gasteiger partial charge in [0.15, 0.2) is 11.5 Å². The largest absolute Gasteiger partial charge is 0.362 e. The van der Waals surface area contributed by atoms with E-state index in [-0.39, 0.29) is 5.82 Å². The first-order chi connectivity index (χ1) is 15.7. The SMILES string of the molecule is Cc1cccc(CNc2n[nH]c3nc([C@@H]4CCCN(Cc5ccccc5F)C4)ccc23)n1. The summed E-state index contributed by atoms with van der Waals surface area (Å²) >= 11 is 0. The summed E-state index contributed by atoms with van der Waals surface area (Å²) in [6.45, 7) is 5.10. The second-order valence-electron chi connectivity index (χ2n) is 8.49. The predicted octanol–water partition coefficient (Wildman–Crippen LogP) is 4.79. The van der Waals surface area contributed by atoms with E-state index >= 15 is 0 Å². The summed E-state index contributed by atoms with van der Waals surface area (Å²) in [5.74, 6) is 0.982. The molecule has 2 N–H and O–H groups in total. The molecule has 0 radical (unpaired) electrons. The van der Waals surface area contributed by atoms with Gasteiger partial charge < -0.3 is 5.32 Å². The van der Waals surface area contributed by atoms with Crippen molar-refractivity contribution in [2.45, 2.75) is 38.8 Å².